The molecule has 0 aliphatic heterocycles. The van der Waals surface area contributed by atoms with E-state index in [0.717, 1.165) is 5.31 Å². The first-order chi connectivity index (χ1) is 6.50. The maximum absolute atomic E-state index is 12.5. The Hall–Kier alpha value is -0.110. The van der Waals surface area contributed by atoms with Crippen LogP contribution in [-0.4, -0.2) is 23.5 Å². The molecule has 2 unspecified atom stereocenters. The fraction of sp³-hybridized carbons (Fsp3) is 0.800. The summed E-state index contributed by atoms with van der Waals surface area (Å²) in [5.74, 6) is 0. The Morgan fingerprint density at radius 1 is 1.71 bits per heavy atom. The van der Waals surface area contributed by atoms with Gasteiger partial charge >= 0.3 is 0 Å². The summed E-state index contributed by atoms with van der Waals surface area (Å²) in [6.45, 7) is 6.12. The molecule has 0 spiro atoms. The normalized spacial score (nSPS) is 26.4. The molecular formula is C10H19O3P. The molecule has 0 heterocycles. The fourth-order valence-corrected chi connectivity index (χ4v) is 4.03. The monoisotopic (exact) mass is 218 g/mol. The van der Waals surface area contributed by atoms with Gasteiger partial charge in [-0.05, 0) is 25.8 Å². The van der Waals surface area contributed by atoms with E-state index in [1.807, 2.05) is 20.8 Å². The van der Waals surface area contributed by atoms with E-state index in [4.69, 9.17) is 4.52 Å². The lowest BCUT2D eigenvalue weighted by atomic mass is 10.3. The Bertz CT molecular complexity index is 271. The molecule has 1 aliphatic rings. The van der Waals surface area contributed by atoms with E-state index in [0.29, 0.717) is 19.4 Å². The molecule has 0 bridgehead atoms. The summed E-state index contributed by atoms with van der Waals surface area (Å²) in [4.78, 5) is 0. The van der Waals surface area contributed by atoms with Gasteiger partial charge in [0.1, 0.15) is 0 Å². The molecule has 0 amide bonds. The van der Waals surface area contributed by atoms with E-state index in [1.165, 1.54) is 0 Å². The Morgan fingerprint density at radius 2 is 2.36 bits per heavy atom. The SMILES string of the molecule is CCOP(=O)(C1=CC(O)CC1)C(C)C. The van der Waals surface area contributed by atoms with Gasteiger partial charge in [-0.1, -0.05) is 13.8 Å². The standard InChI is InChI=1S/C10H19O3P/c1-4-13-14(12,8(2)3)10-6-5-9(11)7-10/h7-9,11H,4-6H2,1-3H3. The van der Waals surface area contributed by atoms with Gasteiger partial charge in [-0.25, -0.2) is 0 Å². The summed E-state index contributed by atoms with van der Waals surface area (Å²) >= 11 is 0. The van der Waals surface area contributed by atoms with Crippen LogP contribution >= 0.6 is 7.37 Å². The van der Waals surface area contributed by atoms with E-state index >= 15 is 0 Å². The van der Waals surface area contributed by atoms with Gasteiger partial charge in [-0.15, -0.1) is 0 Å². The highest BCUT2D eigenvalue weighted by atomic mass is 31.2. The second kappa shape index (κ2) is 4.61. The second-order valence-corrected chi connectivity index (χ2v) is 6.93. The van der Waals surface area contributed by atoms with Crippen LogP contribution in [0.25, 0.3) is 0 Å². The predicted octanol–water partition coefficient (Wildman–Crippen LogP) is 2.75. The summed E-state index contributed by atoms with van der Waals surface area (Å²) in [5.41, 5.74) is -0.000926. The van der Waals surface area contributed by atoms with Crippen molar-refractivity contribution in [3.8, 4) is 0 Å². The minimum absolute atomic E-state index is 0.000926. The summed E-state index contributed by atoms with van der Waals surface area (Å²) in [5, 5.41) is 10.2. The minimum Gasteiger partial charge on any atom is -0.389 e. The number of hydrogen-bond acceptors (Lipinski definition) is 3. The lowest BCUT2D eigenvalue weighted by molar-refractivity contribution is 0.223. The van der Waals surface area contributed by atoms with Gasteiger partial charge < -0.3 is 9.63 Å². The molecule has 4 heteroatoms. The Kier molecular flexibility index (Phi) is 3.94. The van der Waals surface area contributed by atoms with Crippen LogP contribution in [0.4, 0.5) is 0 Å². The first kappa shape index (κ1) is 12.0. The van der Waals surface area contributed by atoms with Crippen LogP contribution in [-0.2, 0) is 9.09 Å². The molecule has 2 atom stereocenters. The van der Waals surface area contributed by atoms with Crippen molar-refractivity contribution < 1.29 is 14.2 Å². The molecule has 14 heavy (non-hydrogen) atoms. The minimum atomic E-state index is -2.68. The topological polar surface area (TPSA) is 46.5 Å². The van der Waals surface area contributed by atoms with E-state index in [9.17, 15) is 9.67 Å². The van der Waals surface area contributed by atoms with E-state index in [1.54, 1.807) is 6.08 Å². The van der Waals surface area contributed by atoms with Crippen LogP contribution in [0.2, 0.25) is 0 Å². The second-order valence-electron chi connectivity index (χ2n) is 3.87. The molecule has 3 nitrogen and oxygen atoms in total. The van der Waals surface area contributed by atoms with Gasteiger partial charge in [0.25, 0.3) is 0 Å². The van der Waals surface area contributed by atoms with Crippen LogP contribution in [0.1, 0.15) is 33.6 Å². The lowest BCUT2D eigenvalue weighted by Crippen LogP contribution is -2.03. The number of allylic oxidation sites excluding steroid dienone is 1. The molecule has 0 saturated carbocycles. The smallest absolute Gasteiger partial charge is 0.230 e. The Morgan fingerprint density at radius 3 is 2.71 bits per heavy atom. The van der Waals surface area contributed by atoms with Crippen LogP contribution in [0.5, 0.6) is 0 Å². The van der Waals surface area contributed by atoms with Crippen molar-refractivity contribution in [3.05, 3.63) is 11.4 Å². The van der Waals surface area contributed by atoms with Crippen molar-refractivity contribution in [2.75, 3.05) is 6.61 Å². The molecule has 1 N–H and O–H groups in total. The number of rotatable bonds is 4. The highest BCUT2D eigenvalue weighted by molar-refractivity contribution is 7.64. The van der Waals surface area contributed by atoms with Gasteiger partial charge in [0.15, 0.2) is 0 Å². The molecule has 0 fully saturated rings. The van der Waals surface area contributed by atoms with Crippen LogP contribution < -0.4 is 0 Å². The highest BCUT2D eigenvalue weighted by Crippen LogP contribution is 2.61. The van der Waals surface area contributed by atoms with Gasteiger partial charge in [-0.3, -0.25) is 4.57 Å². The molecule has 0 aromatic rings. The summed E-state index contributed by atoms with van der Waals surface area (Å²) < 4.78 is 17.9. The Labute approximate surface area is 85.6 Å². The fourth-order valence-electron chi connectivity index (χ4n) is 1.70. The van der Waals surface area contributed by atoms with Gasteiger partial charge in [0.05, 0.1) is 12.7 Å². The third-order valence-corrected chi connectivity index (χ3v) is 5.66. The van der Waals surface area contributed by atoms with E-state index in [-0.39, 0.29) is 5.66 Å². The van der Waals surface area contributed by atoms with Crippen molar-refractivity contribution in [2.45, 2.75) is 45.4 Å². The van der Waals surface area contributed by atoms with Gasteiger partial charge in [-0.2, -0.15) is 0 Å². The highest BCUT2D eigenvalue weighted by Gasteiger charge is 2.34. The third kappa shape index (κ3) is 2.28. The van der Waals surface area contributed by atoms with Gasteiger partial charge in [0, 0.05) is 11.0 Å². The molecule has 1 rings (SSSR count). The summed E-state index contributed by atoms with van der Waals surface area (Å²) in [6.07, 6.45) is 2.66. The largest absolute Gasteiger partial charge is 0.389 e. The summed E-state index contributed by atoms with van der Waals surface area (Å²) in [7, 11) is -2.68. The van der Waals surface area contributed by atoms with Crippen molar-refractivity contribution in [2.24, 2.45) is 0 Å². The van der Waals surface area contributed by atoms with Crippen LogP contribution in [0.3, 0.4) is 0 Å². The van der Waals surface area contributed by atoms with Crippen LogP contribution in [0.15, 0.2) is 11.4 Å². The molecule has 0 saturated heterocycles. The molecule has 0 aromatic carbocycles. The average Bonchev–Trinajstić information content (AvgIpc) is 2.52. The van der Waals surface area contributed by atoms with E-state index < -0.39 is 13.5 Å². The predicted molar refractivity (Wildman–Crippen MR) is 57.7 cm³/mol. The maximum Gasteiger partial charge on any atom is 0.230 e. The van der Waals surface area contributed by atoms with Crippen molar-refractivity contribution >= 4 is 7.37 Å². The maximum atomic E-state index is 12.5. The van der Waals surface area contributed by atoms with Crippen molar-refractivity contribution in [1.82, 2.24) is 0 Å². The third-order valence-electron chi connectivity index (χ3n) is 2.48. The Balaban J connectivity index is 2.89. The number of aliphatic hydroxyl groups excluding tert-OH is 1. The zero-order chi connectivity index (χ0) is 10.8. The van der Waals surface area contributed by atoms with E-state index in [2.05, 4.69) is 0 Å². The molecule has 0 radical (unpaired) electrons. The zero-order valence-electron chi connectivity index (χ0n) is 9.06. The number of hydrogen-bond donors (Lipinski definition) is 1. The van der Waals surface area contributed by atoms with Crippen molar-refractivity contribution in [1.29, 1.82) is 0 Å². The van der Waals surface area contributed by atoms with Crippen LogP contribution in [0, 0.1) is 0 Å². The molecular weight excluding hydrogens is 199 g/mol. The summed E-state index contributed by atoms with van der Waals surface area (Å²) in [6, 6.07) is 0. The quantitative estimate of drug-likeness (QED) is 0.738. The molecule has 0 aromatic heterocycles. The number of aliphatic hydroxyl groups is 1. The van der Waals surface area contributed by atoms with Crippen molar-refractivity contribution in [3.63, 3.8) is 0 Å². The first-order valence-corrected chi connectivity index (χ1v) is 6.83. The average molecular weight is 218 g/mol. The zero-order valence-corrected chi connectivity index (χ0v) is 9.96. The first-order valence-electron chi connectivity index (χ1n) is 5.14. The molecule has 1 aliphatic carbocycles. The lowest BCUT2D eigenvalue weighted by Gasteiger charge is -2.22. The van der Waals surface area contributed by atoms with Gasteiger partial charge in [0.2, 0.25) is 7.37 Å². The molecule has 82 valence electrons.